The molecule has 0 amide bonds. The zero-order valence-electron chi connectivity index (χ0n) is 12.9. The Bertz CT molecular complexity index is 863. The van der Waals surface area contributed by atoms with Gasteiger partial charge in [0.25, 0.3) is 5.69 Å². The molecular weight excluding hydrogens is 330 g/mol. The summed E-state index contributed by atoms with van der Waals surface area (Å²) in [5.41, 5.74) is 2.98. The molecule has 0 saturated heterocycles. The molecule has 0 spiro atoms. The number of sulfonamides is 1. The third-order valence-corrected chi connectivity index (χ3v) is 5.42. The van der Waals surface area contributed by atoms with Crippen molar-refractivity contribution < 1.29 is 13.3 Å². The number of nitrogens with zero attached hydrogens (tertiary/aromatic N) is 1. The summed E-state index contributed by atoms with van der Waals surface area (Å²) >= 11 is 0. The Morgan fingerprint density at radius 2 is 1.92 bits per heavy atom. The van der Waals surface area contributed by atoms with E-state index >= 15 is 0 Å². The maximum atomic E-state index is 12.4. The van der Waals surface area contributed by atoms with Crippen LogP contribution in [0, 0.1) is 10.1 Å². The number of nitrogens with one attached hydrogen (secondary N) is 2. The Morgan fingerprint density at radius 3 is 2.62 bits per heavy atom. The van der Waals surface area contributed by atoms with Crippen LogP contribution in [0.2, 0.25) is 0 Å². The molecule has 0 bridgehead atoms. The first-order valence-corrected chi connectivity index (χ1v) is 9.04. The third-order valence-electron chi connectivity index (χ3n) is 4.00. The third kappa shape index (κ3) is 3.39. The molecule has 0 aliphatic carbocycles. The number of fused-ring (bicyclic) bond motifs is 1. The van der Waals surface area contributed by atoms with Crippen molar-refractivity contribution in [1.29, 1.82) is 0 Å². The largest absolute Gasteiger partial charge is 0.385 e. The number of nitro groups is 1. The van der Waals surface area contributed by atoms with Gasteiger partial charge in [0.05, 0.1) is 9.82 Å². The first kappa shape index (κ1) is 16.4. The molecule has 0 saturated carbocycles. The summed E-state index contributed by atoms with van der Waals surface area (Å²) in [5.74, 6) is 0. The summed E-state index contributed by atoms with van der Waals surface area (Å²) in [7, 11) is -3.72. The molecule has 7 nitrogen and oxygen atoms in total. The van der Waals surface area contributed by atoms with Crippen LogP contribution in [0.5, 0.6) is 0 Å². The molecule has 0 atom stereocenters. The van der Waals surface area contributed by atoms with E-state index in [-0.39, 0.29) is 17.1 Å². The van der Waals surface area contributed by atoms with E-state index in [1.165, 1.54) is 24.3 Å². The normalized spacial score (nSPS) is 13.8. The quantitative estimate of drug-likeness (QED) is 0.639. The predicted octanol–water partition coefficient (Wildman–Crippen LogP) is 2.43. The van der Waals surface area contributed by atoms with E-state index in [1.807, 2.05) is 18.2 Å². The Morgan fingerprint density at radius 1 is 1.17 bits per heavy atom. The molecule has 0 aromatic heterocycles. The molecule has 8 heteroatoms. The van der Waals surface area contributed by atoms with E-state index < -0.39 is 14.9 Å². The van der Waals surface area contributed by atoms with Crippen LogP contribution >= 0.6 is 0 Å². The first-order valence-electron chi connectivity index (χ1n) is 7.56. The van der Waals surface area contributed by atoms with Crippen LogP contribution in [0.3, 0.4) is 0 Å². The molecular formula is C16H17N3O4S. The molecule has 0 radical (unpaired) electrons. The summed E-state index contributed by atoms with van der Waals surface area (Å²) in [5, 5.41) is 14.0. The number of nitro benzene ring substituents is 1. The van der Waals surface area contributed by atoms with Gasteiger partial charge in [-0.25, -0.2) is 13.1 Å². The van der Waals surface area contributed by atoms with E-state index in [1.54, 1.807) is 0 Å². The van der Waals surface area contributed by atoms with Crippen LogP contribution in [0.4, 0.5) is 11.4 Å². The zero-order chi connectivity index (χ0) is 17.2. The van der Waals surface area contributed by atoms with E-state index in [4.69, 9.17) is 0 Å². The lowest BCUT2D eigenvalue weighted by molar-refractivity contribution is -0.384. The van der Waals surface area contributed by atoms with Gasteiger partial charge in [-0.05, 0) is 42.2 Å². The lowest BCUT2D eigenvalue weighted by Crippen LogP contribution is -2.24. The van der Waals surface area contributed by atoms with E-state index in [2.05, 4.69) is 10.0 Å². The van der Waals surface area contributed by atoms with Gasteiger partial charge >= 0.3 is 0 Å². The average Bonchev–Trinajstić information content (AvgIpc) is 2.60. The Kier molecular flexibility index (Phi) is 4.50. The Hall–Kier alpha value is -2.45. The lowest BCUT2D eigenvalue weighted by Gasteiger charge is -2.21. The zero-order valence-corrected chi connectivity index (χ0v) is 13.7. The number of anilines is 1. The Balaban J connectivity index is 1.77. The maximum absolute atomic E-state index is 12.4. The van der Waals surface area contributed by atoms with Crippen molar-refractivity contribution in [3.05, 3.63) is 63.7 Å². The number of hydrogen-bond donors (Lipinski definition) is 2. The van der Waals surface area contributed by atoms with Crippen molar-refractivity contribution in [2.45, 2.75) is 24.3 Å². The van der Waals surface area contributed by atoms with Crippen molar-refractivity contribution in [2.75, 3.05) is 11.9 Å². The monoisotopic (exact) mass is 347 g/mol. The van der Waals surface area contributed by atoms with Gasteiger partial charge in [-0.3, -0.25) is 10.1 Å². The van der Waals surface area contributed by atoms with Gasteiger partial charge in [-0.15, -0.1) is 0 Å². The lowest BCUT2D eigenvalue weighted by atomic mass is 9.98. The standard InChI is InChI=1S/C16H17N3O4S/c20-19(21)13-6-8-14(9-7-13)24(22,23)18-11-12-3-1-5-16-15(12)4-2-10-17-16/h1,3,5-9,17-18H,2,4,10-11H2. The molecule has 2 aromatic rings. The number of hydrogen-bond acceptors (Lipinski definition) is 5. The molecule has 2 aromatic carbocycles. The highest BCUT2D eigenvalue weighted by molar-refractivity contribution is 7.89. The van der Waals surface area contributed by atoms with Crippen molar-refractivity contribution >= 4 is 21.4 Å². The van der Waals surface area contributed by atoms with Crippen LogP contribution in [-0.4, -0.2) is 19.9 Å². The van der Waals surface area contributed by atoms with Gasteiger partial charge in [0.2, 0.25) is 10.0 Å². The van der Waals surface area contributed by atoms with Gasteiger partial charge in [-0.2, -0.15) is 0 Å². The molecule has 1 aliphatic heterocycles. The smallest absolute Gasteiger partial charge is 0.269 e. The molecule has 0 unspecified atom stereocenters. The molecule has 1 aliphatic rings. The van der Waals surface area contributed by atoms with Crippen molar-refractivity contribution in [3.8, 4) is 0 Å². The van der Waals surface area contributed by atoms with Gasteiger partial charge in [0.15, 0.2) is 0 Å². The first-order chi connectivity index (χ1) is 11.5. The van der Waals surface area contributed by atoms with E-state index in [0.29, 0.717) is 0 Å². The highest BCUT2D eigenvalue weighted by atomic mass is 32.2. The molecule has 0 fully saturated rings. The fraction of sp³-hybridized carbons (Fsp3) is 0.250. The summed E-state index contributed by atoms with van der Waals surface area (Å²) in [6.45, 7) is 1.11. The van der Waals surface area contributed by atoms with Gasteiger partial charge in [-0.1, -0.05) is 12.1 Å². The minimum atomic E-state index is -3.72. The number of benzene rings is 2. The minimum absolute atomic E-state index is 0.0102. The Labute approximate surface area is 139 Å². The van der Waals surface area contributed by atoms with Crippen molar-refractivity contribution in [1.82, 2.24) is 4.72 Å². The SMILES string of the molecule is O=[N+]([O-])c1ccc(S(=O)(=O)NCc2cccc3c2CCCN3)cc1. The summed E-state index contributed by atoms with van der Waals surface area (Å²) < 4.78 is 27.3. The van der Waals surface area contributed by atoms with Crippen LogP contribution < -0.4 is 10.0 Å². The molecule has 24 heavy (non-hydrogen) atoms. The van der Waals surface area contributed by atoms with Crippen LogP contribution in [0.1, 0.15) is 17.5 Å². The molecule has 3 rings (SSSR count). The van der Waals surface area contributed by atoms with Gasteiger partial charge in [0, 0.05) is 30.9 Å². The number of rotatable bonds is 5. The van der Waals surface area contributed by atoms with Crippen LogP contribution in [0.15, 0.2) is 47.4 Å². The topological polar surface area (TPSA) is 101 Å². The predicted molar refractivity (Wildman–Crippen MR) is 90.4 cm³/mol. The second-order valence-electron chi connectivity index (χ2n) is 5.55. The fourth-order valence-corrected chi connectivity index (χ4v) is 3.76. The number of non-ortho nitro benzene ring substituents is 1. The van der Waals surface area contributed by atoms with Crippen LogP contribution in [0.25, 0.3) is 0 Å². The highest BCUT2D eigenvalue weighted by Crippen LogP contribution is 2.25. The van der Waals surface area contributed by atoms with Gasteiger partial charge < -0.3 is 5.32 Å². The summed E-state index contributed by atoms with van der Waals surface area (Å²) in [6.07, 6.45) is 1.93. The molecule has 126 valence electrons. The second-order valence-corrected chi connectivity index (χ2v) is 7.32. The van der Waals surface area contributed by atoms with Crippen LogP contribution in [-0.2, 0) is 23.0 Å². The van der Waals surface area contributed by atoms with Crippen molar-refractivity contribution in [3.63, 3.8) is 0 Å². The van der Waals surface area contributed by atoms with Crippen molar-refractivity contribution in [2.24, 2.45) is 0 Å². The van der Waals surface area contributed by atoms with E-state index in [9.17, 15) is 18.5 Å². The average molecular weight is 347 g/mol. The molecule has 1 heterocycles. The summed E-state index contributed by atoms with van der Waals surface area (Å²) in [4.78, 5) is 10.1. The minimum Gasteiger partial charge on any atom is -0.385 e. The molecule has 2 N–H and O–H groups in total. The second kappa shape index (κ2) is 6.58. The van der Waals surface area contributed by atoms with Gasteiger partial charge in [0.1, 0.15) is 0 Å². The highest BCUT2D eigenvalue weighted by Gasteiger charge is 2.18. The summed E-state index contributed by atoms with van der Waals surface area (Å²) in [6, 6.07) is 10.6. The van der Waals surface area contributed by atoms with E-state index in [0.717, 1.165) is 36.2 Å². The maximum Gasteiger partial charge on any atom is 0.269 e. The fourth-order valence-electron chi connectivity index (χ4n) is 2.75.